The topological polar surface area (TPSA) is 20.2 Å². The van der Waals surface area contributed by atoms with Crippen molar-refractivity contribution in [3.05, 3.63) is 0 Å². The summed E-state index contributed by atoms with van der Waals surface area (Å²) in [6, 6.07) is 0. The van der Waals surface area contributed by atoms with Crippen LogP contribution in [0.1, 0.15) is 118 Å². The molecule has 1 heteroatoms. The summed E-state index contributed by atoms with van der Waals surface area (Å²) in [5.41, 5.74) is 0.759. The van der Waals surface area contributed by atoms with Crippen LogP contribution in [0.5, 0.6) is 0 Å². The molecular formula is C27H48O. The van der Waals surface area contributed by atoms with Crippen LogP contribution in [-0.4, -0.2) is 10.7 Å². The van der Waals surface area contributed by atoms with Gasteiger partial charge in [-0.2, -0.15) is 0 Å². The molecule has 28 heavy (non-hydrogen) atoms. The Labute approximate surface area is 175 Å². The van der Waals surface area contributed by atoms with Crippen molar-refractivity contribution in [3.63, 3.8) is 0 Å². The molecule has 0 spiro atoms. The van der Waals surface area contributed by atoms with Gasteiger partial charge >= 0.3 is 0 Å². The second-order valence-electron chi connectivity index (χ2n) is 12.6. The molecule has 0 aromatic heterocycles. The van der Waals surface area contributed by atoms with Crippen molar-refractivity contribution in [1.29, 1.82) is 0 Å². The van der Waals surface area contributed by atoms with Gasteiger partial charge in [-0.05, 0) is 117 Å². The molecule has 7 unspecified atom stereocenters. The van der Waals surface area contributed by atoms with E-state index in [1.54, 1.807) is 0 Å². The Hall–Kier alpha value is -0.0400. The molecule has 4 rings (SSSR count). The summed E-state index contributed by atoms with van der Waals surface area (Å²) in [5.74, 6) is 5.62. The number of aliphatic hydroxyl groups is 1. The van der Waals surface area contributed by atoms with Crippen LogP contribution >= 0.6 is 0 Å². The van der Waals surface area contributed by atoms with E-state index in [2.05, 4.69) is 34.6 Å². The van der Waals surface area contributed by atoms with E-state index in [1.807, 2.05) is 0 Å². The predicted octanol–water partition coefficient (Wildman–Crippen LogP) is 7.61. The lowest BCUT2D eigenvalue weighted by Gasteiger charge is -2.62. The van der Waals surface area contributed by atoms with Gasteiger partial charge < -0.3 is 5.11 Å². The van der Waals surface area contributed by atoms with E-state index in [0.717, 1.165) is 48.3 Å². The van der Waals surface area contributed by atoms with Gasteiger partial charge in [0.1, 0.15) is 0 Å². The van der Waals surface area contributed by atoms with E-state index in [-0.39, 0.29) is 0 Å². The van der Waals surface area contributed by atoms with Gasteiger partial charge in [-0.25, -0.2) is 0 Å². The van der Waals surface area contributed by atoms with Gasteiger partial charge in [0.15, 0.2) is 0 Å². The molecule has 0 saturated heterocycles. The fourth-order valence-corrected chi connectivity index (χ4v) is 8.93. The van der Waals surface area contributed by atoms with Gasteiger partial charge in [0.25, 0.3) is 0 Å². The van der Waals surface area contributed by atoms with Crippen LogP contribution in [-0.2, 0) is 0 Å². The second-order valence-corrected chi connectivity index (χ2v) is 12.6. The molecule has 0 heterocycles. The van der Waals surface area contributed by atoms with E-state index in [0.29, 0.717) is 10.8 Å². The van der Waals surface area contributed by atoms with E-state index in [4.69, 9.17) is 0 Å². The van der Waals surface area contributed by atoms with E-state index >= 15 is 0 Å². The van der Waals surface area contributed by atoms with Gasteiger partial charge in [0.2, 0.25) is 0 Å². The van der Waals surface area contributed by atoms with Crippen LogP contribution in [0, 0.1) is 46.3 Å². The van der Waals surface area contributed by atoms with Crippen molar-refractivity contribution < 1.29 is 5.11 Å². The Morgan fingerprint density at radius 2 is 1.64 bits per heavy atom. The molecule has 0 aromatic carbocycles. The summed E-state index contributed by atoms with van der Waals surface area (Å²) in [7, 11) is 0. The summed E-state index contributed by atoms with van der Waals surface area (Å²) < 4.78 is 0. The Morgan fingerprint density at radius 3 is 2.39 bits per heavy atom. The lowest BCUT2D eigenvalue weighted by molar-refractivity contribution is -0.146. The van der Waals surface area contributed by atoms with Crippen molar-refractivity contribution >= 4 is 0 Å². The molecule has 4 saturated carbocycles. The average molecular weight is 389 g/mol. The monoisotopic (exact) mass is 388 g/mol. The molecule has 0 radical (unpaired) electrons. The third kappa shape index (κ3) is 3.50. The zero-order valence-corrected chi connectivity index (χ0v) is 19.6. The highest BCUT2D eigenvalue weighted by Crippen LogP contribution is 2.68. The lowest BCUT2D eigenvalue weighted by Crippen LogP contribution is -2.55. The number of hydrogen-bond donors (Lipinski definition) is 1. The average Bonchev–Trinajstić information content (AvgIpc) is 2.98. The van der Waals surface area contributed by atoms with Crippen LogP contribution in [0.15, 0.2) is 0 Å². The van der Waals surface area contributed by atoms with Crippen molar-refractivity contribution in [3.8, 4) is 0 Å². The minimum Gasteiger partial charge on any atom is -0.390 e. The zero-order valence-electron chi connectivity index (χ0n) is 19.6. The summed E-state index contributed by atoms with van der Waals surface area (Å²) in [4.78, 5) is 0. The molecule has 0 aliphatic heterocycles. The van der Waals surface area contributed by atoms with Crippen LogP contribution in [0.2, 0.25) is 0 Å². The van der Waals surface area contributed by atoms with Crippen LogP contribution in [0.3, 0.4) is 0 Å². The quantitative estimate of drug-likeness (QED) is 0.513. The van der Waals surface area contributed by atoms with Crippen LogP contribution in [0.25, 0.3) is 0 Å². The summed E-state index contributed by atoms with van der Waals surface area (Å²) in [6.45, 7) is 12.2. The maximum absolute atomic E-state index is 10.7. The van der Waals surface area contributed by atoms with Crippen LogP contribution < -0.4 is 0 Å². The summed E-state index contributed by atoms with van der Waals surface area (Å²) >= 11 is 0. The molecule has 4 aliphatic rings. The number of fused-ring (bicyclic) bond motifs is 5. The van der Waals surface area contributed by atoms with Gasteiger partial charge in [-0.3, -0.25) is 0 Å². The predicted molar refractivity (Wildman–Crippen MR) is 119 cm³/mol. The molecule has 0 aromatic rings. The summed E-state index contributed by atoms with van der Waals surface area (Å²) in [5, 5.41) is 10.7. The smallest absolute Gasteiger partial charge is 0.0622 e. The normalized spacial score (nSPS) is 51.9. The molecule has 9 atom stereocenters. The highest BCUT2D eigenvalue weighted by molar-refractivity contribution is 5.10. The Kier molecular flexibility index (Phi) is 5.74. The van der Waals surface area contributed by atoms with Crippen molar-refractivity contribution in [2.75, 3.05) is 0 Å². The fourth-order valence-electron chi connectivity index (χ4n) is 8.93. The standard InChI is InChI=1S/C27H48O/c1-6-19(2)8-7-9-20-11-13-23-22-12-10-21-18-25(3,28)16-17-27(21,5)24(22)14-15-26(20,23)4/h19-24,28H,6-18H2,1-5H3/t19?,20-,21?,22?,23?,24?,25-,26?,27?/m0/s1. The lowest BCUT2D eigenvalue weighted by atomic mass is 9.44. The first-order valence-electron chi connectivity index (χ1n) is 12.9. The van der Waals surface area contributed by atoms with Crippen molar-refractivity contribution in [1.82, 2.24) is 0 Å². The largest absolute Gasteiger partial charge is 0.390 e. The highest BCUT2D eigenvalue weighted by atomic mass is 16.3. The minimum atomic E-state index is -0.395. The summed E-state index contributed by atoms with van der Waals surface area (Å²) in [6.07, 6.45) is 18.0. The van der Waals surface area contributed by atoms with E-state index in [9.17, 15) is 5.11 Å². The van der Waals surface area contributed by atoms with E-state index in [1.165, 1.54) is 70.6 Å². The maximum Gasteiger partial charge on any atom is 0.0622 e. The zero-order chi connectivity index (χ0) is 20.2. The molecule has 0 amide bonds. The molecule has 1 nitrogen and oxygen atoms in total. The number of rotatable bonds is 5. The first-order valence-corrected chi connectivity index (χ1v) is 12.9. The Balaban J connectivity index is 1.45. The Bertz CT molecular complexity index is 552. The van der Waals surface area contributed by atoms with Crippen molar-refractivity contribution in [2.45, 2.75) is 124 Å². The fraction of sp³-hybridized carbons (Fsp3) is 1.00. The van der Waals surface area contributed by atoms with Crippen molar-refractivity contribution in [2.24, 2.45) is 46.3 Å². The van der Waals surface area contributed by atoms with Gasteiger partial charge in [0, 0.05) is 0 Å². The number of hydrogen-bond acceptors (Lipinski definition) is 1. The second kappa shape index (κ2) is 7.58. The molecule has 4 aliphatic carbocycles. The van der Waals surface area contributed by atoms with Gasteiger partial charge in [0.05, 0.1) is 5.60 Å². The first-order chi connectivity index (χ1) is 13.2. The molecule has 1 N–H and O–H groups in total. The molecule has 162 valence electrons. The van der Waals surface area contributed by atoms with Crippen LogP contribution in [0.4, 0.5) is 0 Å². The molecular weight excluding hydrogens is 340 g/mol. The third-order valence-corrected chi connectivity index (χ3v) is 11.1. The Morgan fingerprint density at radius 1 is 0.893 bits per heavy atom. The minimum absolute atomic E-state index is 0.395. The first kappa shape index (κ1) is 21.2. The van der Waals surface area contributed by atoms with Gasteiger partial charge in [-0.15, -0.1) is 0 Å². The van der Waals surface area contributed by atoms with E-state index < -0.39 is 5.60 Å². The third-order valence-electron chi connectivity index (χ3n) is 11.1. The molecule has 0 bridgehead atoms. The SMILES string of the molecule is CCC(C)CCC[C@H]1CCC2C3CCC4C[C@@](C)(O)CCC4(C)C3CCC21C. The highest BCUT2D eigenvalue weighted by Gasteiger charge is 2.60. The van der Waals surface area contributed by atoms with Gasteiger partial charge in [-0.1, -0.05) is 47.0 Å². The molecule has 4 fully saturated rings. The maximum atomic E-state index is 10.7.